The van der Waals surface area contributed by atoms with Gasteiger partial charge < -0.3 is 9.67 Å². The number of rotatable bonds is 6. The Morgan fingerprint density at radius 1 is 1.65 bits per heavy atom. The Hall–Kier alpha value is -1.66. The van der Waals surface area contributed by atoms with Crippen LogP contribution in [0.25, 0.3) is 10.7 Å². The summed E-state index contributed by atoms with van der Waals surface area (Å²) in [7, 11) is 0. The lowest BCUT2D eigenvalue weighted by atomic mass is 10.0. The van der Waals surface area contributed by atoms with Gasteiger partial charge >= 0.3 is 5.97 Å². The van der Waals surface area contributed by atoms with Gasteiger partial charge in [0.15, 0.2) is 0 Å². The van der Waals surface area contributed by atoms with E-state index in [9.17, 15) is 9.90 Å². The van der Waals surface area contributed by atoms with Crippen LogP contribution in [0, 0.1) is 0 Å². The Kier molecular flexibility index (Phi) is 3.35. The van der Waals surface area contributed by atoms with Gasteiger partial charge in [-0.15, -0.1) is 11.3 Å². The molecule has 3 rings (SSSR count). The van der Waals surface area contributed by atoms with Crippen LogP contribution in [0.3, 0.4) is 0 Å². The van der Waals surface area contributed by atoms with Crippen LogP contribution in [-0.4, -0.2) is 32.2 Å². The van der Waals surface area contributed by atoms with Crippen molar-refractivity contribution in [3.63, 3.8) is 0 Å². The zero-order valence-corrected chi connectivity index (χ0v) is 12.1. The van der Waals surface area contributed by atoms with Gasteiger partial charge in [0, 0.05) is 18.4 Å². The highest BCUT2D eigenvalue weighted by Crippen LogP contribution is 2.27. The van der Waals surface area contributed by atoms with Crippen molar-refractivity contribution in [3.05, 3.63) is 29.9 Å². The average Bonchev–Trinajstić information content (AvgIpc) is 2.91. The molecule has 2 aromatic heterocycles. The zero-order valence-electron chi connectivity index (χ0n) is 11.2. The van der Waals surface area contributed by atoms with Gasteiger partial charge in [0.1, 0.15) is 11.4 Å². The standard InChI is InChI=1S/C14H17N3O2S/c1-14(13(18)19,16-10-4-5-10)9-17-7-6-15-12(17)11-3-2-8-20-11/h2-3,6-8,10,16H,4-5,9H2,1H3,(H,18,19). The molecule has 1 fully saturated rings. The van der Waals surface area contributed by atoms with E-state index in [2.05, 4.69) is 10.3 Å². The maximum absolute atomic E-state index is 11.6. The van der Waals surface area contributed by atoms with Gasteiger partial charge in [-0.3, -0.25) is 10.1 Å². The molecule has 1 aliphatic rings. The van der Waals surface area contributed by atoms with E-state index < -0.39 is 11.5 Å². The Morgan fingerprint density at radius 2 is 2.45 bits per heavy atom. The quantitative estimate of drug-likeness (QED) is 0.856. The Balaban J connectivity index is 1.85. The third-order valence-corrected chi connectivity index (χ3v) is 4.38. The lowest BCUT2D eigenvalue weighted by Gasteiger charge is -2.27. The SMILES string of the molecule is CC(Cn1ccnc1-c1cccs1)(NC1CC1)C(=O)O. The molecule has 1 unspecified atom stereocenters. The minimum atomic E-state index is -0.964. The van der Waals surface area contributed by atoms with Crippen LogP contribution in [0.1, 0.15) is 19.8 Å². The van der Waals surface area contributed by atoms with Crippen LogP contribution >= 0.6 is 11.3 Å². The molecule has 1 atom stereocenters. The summed E-state index contributed by atoms with van der Waals surface area (Å²) in [6.07, 6.45) is 5.68. The molecule has 0 radical (unpaired) electrons. The van der Waals surface area contributed by atoms with Gasteiger partial charge in [-0.1, -0.05) is 6.07 Å². The maximum Gasteiger partial charge on any atom is 0.325 e. The number of imidazole rings is 1. The fraction of sp³-hybridized carbons (Fsp3) is 0.429. The molecule has 2 heterocycles. The predicted molar refractivity (Wildman–Crippen MR) is 77.7 cm³/mol. The van der Waals surface area contributed by atoms with Crippen LogP contribution in [0.2, 0.25) is 0 Å². The first-order chi connectivity index (χ1) is 9.58. The molecule has 0 saturated heterocycles. The molecule has 6 heteroatoms. The van der Waals surface area contributed by atoms with Crippen LogP contribution in [-0.2, 0) is 11.3 Å². The van der Waals surface area contributed by atoms with E-state index in [0.29, 0.717) is 12.6 Å². The summed E-state index contributed by atoms with van der Waals surface area (Å²) in [5.41, 5.74) is -0.964. The van der Waals surface area contributed by atoms with Crippen LogP contribution in [0.4, 0.5) is 0 Å². The van der Waals surface area contributed by atoms with E-state index in [1.54, 1.807) is 24.5 Å². The number of carbonyl (C=O) groups is 1. The normalized spacial score (nSPS) is 17.9. The molecular formula is C14H17N3O2S. The highest BCUT2D eigenvalue weighted by Gasteiger charge is 2.39. The van der Waals surface area contributed by atoms with Crippen LogP contribution in [0.5, 0.6) is 0 Å². The lowest BCUT2D eigenvalue weighted by molar-refractivity contribution is -0.144. The van der Waals surface area contributed by atoms with Gasteiger partial charge in [0.05, 0.1) is 11.4 Å². The second-order valence-corrected chi connectivity index (χ2v) is 6.36. The number of carboxylic acids is 1. The molecule has 0 bridgehead atoms. The Labute approximate surface area is 121 Å². The van der Waals surface area contributed by atoms with Crippen molar-refractivity contribution in [3.8, 4) is 10.7 Å². The van der Waals surface area contributed by atoms with Crippen LogP contribution < -0.4 is 5.32 Å². The maximum atomic E-state index is 11.6. The van der Waals surface area contributed by atoms with Crippen LogP contribution in [0.15, 0.2) is 29.9 Å². The molecule has 0 aromatic carbocycles. The monoisotopic (exact) mass is 291 g/mol. The zero-order chi connectivity index (χ0) is 14.2. The largest absolute Gasteiger partial charge is 0.480 e. The van der Waals surface area contributed by atoms with E-state index in [4.69, 9.17) is 0 Å². The average molecular weight is 291 g/mol. The molecule has 5 nitrogen and oxygen atoms in total. The van der Waals surface area contributed by atoms with E-state index >= 15 is 0 Å². The van der Waals surface area contributed by atoms with E-state index in [-0.39, 0.29) is 0 Å². The lowest BCUT2D eigenvalue weighted by Crippen LogP contribution is -2.53. The van der Waals surface area contributed by atoms with Crippen molar-refractivity contribution in [1.29, 1.82) is 0 Å². The molecule has 0 amide bonds. The molecule has 0 spiro atoms. The first kappa shape index (κ1) is 13.3. The molecule has 1 aliphatic carbocycles. The van der Waals surface area contributed by atoms with Crippen molar-refractivity contribution < 1.29 is 9.90 Å². The molecule has 2 aromatic rings. The smallest absolute Gasteiger partial charge is 0.325 e. The number of thiophene rings is 1. The van der Waals surface area contributed by atoms with E-state index in [1.165, 1.54) is 0 Å². The number of carboxylic acid groups (broad SMARTS) is 1. The summed E-state index contributed by atoms with van der Waals surface area (Å²) in [5.74, 6) is 0.000279. The molecule has 0 aliphatic heterocycles. The molecule has 106 valence electrons. The molecule has 1 saturated carbocycles. The van der Waals surface area contributed by atoms with Crippen molar-refractivity contribution in [2.24, 2.45) is 0 Å². The highest BCUT2D eigenvalue weighted by atomic mass is 32.1. The van der Waals surface area contributed by atoms with Crippen molar-refractivity contribution >= 4 is 17.3 Å². The first-order valence-corrected chi connectivity index (χ1v) is 7.52. The van der Waals surface area contributed by atoms with Gasteiger partial charge in [-0.05, 0) is 31.2 Å². The predicted octanol–water partition coefficient (Wildman–Crippen LogP) is 2.21. The number of nitrogens with zero attached hydrogens (tertiary/aromatic N) is 2. The first-order valence-electron chi connectivity index (χ1n) is 6.64. The summed E-state index contributed by atoms with van der Waals surface area (Å²) in [4.78, 5) is 17.0. The third kappa shape index (κ3) is 2.62. The van der Waals surface area contributed by atoms with Gasteiger partial charge in [0.2, 0.25) is 0 Å². The summed E-state index contributed by atoms with van der Waals surface area (Å²) in [5, 5.41) is 14.8. The highest BCUT2D eigenvalue weighted by molar-refractivity contribution is 7.13. The minimum Gasteiger partial charge on any atom is -0.480 e. The fourth-order valence-electron chi connectivity index (χ4n) is 2.26. The second kappa shape index (κ2) is 5.03. The van der Waals surface area contributed by atoms with Gasteiger partial charge in [-0.25, -0.2) is 4.98 Å². The summed E-state index contributed by atoms with van der Waals surface area (Å²) >= 11 is 1.60. The molecular weight excluding hydrogens is 274 g/mol. The number of hydrogen-bond acceptors (Lipinski definition) is 4. The minimum absolute atomic E-state index is 0.338. The Morgan fingerprint density at radius 3 is 3.05 bits per heavy atom. The fourth-order valence-corrected chi connectivity index (χ4v) is 3.00. The number of aromatic nitrogens is 2. The Bertz CT molecular complexity index is 604. The second-order valence-electron chi connectivity index (χ2n) is 5.41. The third-order valence-electron chi connectivity index (χ3n) is 3.52. The topological polar surface area (TPSA) is 67.2 Å². The number of hydrogen-bond donors (Lipinski definition) is 2. The summed E-state index contributed by atoms with van der Waals surface area (Å²) in [6.45, 7) is 2.11. The number of nitrogens with one attached hydrogen (secondary N) is 1. The van der Waals surface area contributed by atoms with E-state index in [1.807, 2.05) is 28.3 Å². The van der Waals surface area contributed by atoms with Gasteiger partial charge in [-0.2, -0.15) is 0 Å². The van der Waals surface area contributed by atoms with E-state index in [0.717, 1.165) is 23.5 Å². The molecule has 20 heavy (non-hydrogen) atoms. The van der Waals surface area contributed by atoms with Crippen molar-refractivity contribution in [2.75, 3.05) is 0 Å². The molecule has 2 N–H and O–H groups in total. The van der Waals surface area contributed by atoms with Gasteiger partial charge in [0.25, 0.3) is 0 Å². The number of aliphatic carboxylic acids is 1. The summed E-state index contributed by atoms with van der Waals surface area (Å²) < 4.78 is 1.91. The van der Waals surface area contributed by atoms with Crippen molar-refractivity contribution in [1.82, 2.24) is 14.9 Å². The van der Waals surface area contributed by atoms with Crippen molar-refractivity contribution in [2.45, 2.75) is 37.9 Å². The summed E-state index contributed by atoms with van der Waals surface area (Å²) in [6, 6.07) is 4.30.